The molecule has 1 aliphatic rings. The molecule has 0 spiro atoms. The van der Waals surface area contributed by atoms with Crippen LogP contribution in [0.25, 0.3) is 82.5 Å². The molecule has 2 heteroatoms. The van der Waals surface area contributed by atoms with E-state index in [2.05, 4.69) is 125 Å². The lowest BCUT2D eigenvalue weighted by Crippen LogP contribution is -1.96. The van der Waals surface area contributed by atoms with Gasteiger partial charge < -0.3 is 0 Å². The normalized spacial score (nSPS) is 12.1. The Morgan fingerprint density at radius 3 is 1.97 bits per heavy atom. The lowest BCUT2D eigenvalue weighted by atomic mass is 9.95. The standard InChI is InChI=1S/C37H22N2/c1-2-12-34-28(9-1)33-21-25(16-17-35(33)39(34)36-13-3-4-18-38-36)24-14-15-26-20-31-29-10-5-7-23-8-6-11-30(37(23)29)32(31)22-27(26)19-24/h1-22H. The van der Waals surface area contributed by atoms with Crippen LogP contribution in [0.5, 0.6) is 0 Å². The van der Waals surface area contributed by atoms with Crippen LogP contribution in [-0.2, 0) is 0 Å². The van der Waals surface area contributed by atoms with Gasteiger partial charge in [-0.05, 0) is 103 Å². The highest BCUT2D eigenvalue weighted by molar-refractivity contribution is 6.17. The van der Waals surface area contributed by atoms with E-state index in [1.807, 2.05) is 18.3 Å². The van der Waals surface area contributed by atoms with Gasteiger partial charge in [-0.25, -0.2) is 4.98 Å². The molecule has 2 heterocycles. The van der Waals surface area contributed by atoms with Gasteiger partial charge in [-0.2, -0.15) is 0 Å². The zero-order valence-electron chi connectivity index (χ0n) is 21.1. The van der Waals surface area contributed by atoms with E-state index in [-0.39, 0.29) is 0 Å². The van der Waals surface area contributed by atoms with Gasteiger partial charge in [-0.1, -0.05) is 78.9 Å². The molecule has 2 aromatic heterocycles. The smallest absolute Gasteiger partial charge is 0.137 e. The molecule has 39 heavy (non-hydrogen) atoms. The molecule has 0 saturated carbocycles. The number of nitrogens with zero attached hydrogens (tertiary/aromatic N) is 2. The summed E-state index contributed by atoms with van der Waals surface area (Å²) in [7, 11) is 0. The van der Waals surface area contributed by atoms with Gasteiger partial charge in [0.25, 0.3) is 0 Å². The van der Waals surface area contributed by atoms with Gasteiger partial charge in [-0.15, -0.1) is 0 Å². The molecule has 6 aromatic carbocycles. The van der Waals surface area contributed by atoms with Crippen molar-refractivity contribution in [2.24, 2.45) is 0 Å². The van der Waals surface area contributed by atoms with Crippen molar-refractivity contribution in [2.45, 2.75) is 0 Å². The topological polar surface area (TPSA) is 17.8 Å². The monoisotopic (exact) mass is 494 g/mol. The molecule has 0 unspecified atom stereocenters. The molecule has 0 atom stereocenters. The van der Waals surface area contributed by atoms with E-state index in [1.165, 1.54) is 76.7 Å². The number of rotatable bonds is 2. The number of pyridine rings is 1. The van der Waals surface area contributed by atoms with Crippen LogP contribution in [-0.4, -0.2) is 9.55 Å². The van der Waals surface area contributed by atoms with Gasteiger partial charge in [0.15, 0.2) is 0 Å². The quantitative estimate of drug-likeness (QED) is 0.234. The minimum Gasteiger partial charge on any atom is -0.294 e. The van der Waals surface area contributed by atoms with Crippen LogP contribution in [0.15, 0.2) is 134 Å². The maximum Gasteiger partial charge on any atom is 0.137 e. The Morgan fingerprint density at radius 1 is 0.436 bits per heavy atom. The molecule has 0 radical (unpaired) electrons. The Hall–Kier alpha value is -5.21. The van der Waals surface area contributed by atoms with Crippen molar-refractivity contribution in [1.29, 1.82) is 0 Å². The molecule has 0 bridgehead atoms. The maximum absolute atomic E-state index is 4.66. The zero-order chi connectivity index (χ0) is 25.5. The molecule has 1 aliphatic carbocycles. The first-order chi connectivity index (χ1) is 19.3. The average molecular weight is 495 g/mol. The highest BCUT2D eigenvalue weighted by Crippen LogP contribution is 2.48. The fraction of sp³-hybridized carbons (Fsp3) is 0. The van der Waals surface area contributed by atoms with Gasteiger partial charge in [0.2, 0.25) is 0 Å². The largest absolute Gasteiger partial charge is 0.294 e. The summed E-state index contributed by atoms with van der Waals surface area (Å²) in [4.78, 5) is 4.66. The summed E-state index contributed by atoms with van der Waals surface area (Å²) in [6.45, 7) is 0. The molecule has 180 valence electrons. The average Bonchev–Trinajstić information content (AvgIpc) is 3.50. The lowest BCUT2D eigenvalue weighted by Gasteiger charge is -2.09. The third-order valence-corrected chi connectivity index (χ3v) is 8.35. The lowest BCUT2D eigenvalue weighted by molar-refractivity contribution is 1.08. The van der Waals surface area contributed by atoms with E-state index >= 15 is 0 Å². The number of benzene rings is 6. The summed E-state index contributed by atoms with van der Waals surface area (Å²) in [5.74, 6) is 0.937. The Labute approximate surface area is 225 Å². The zero-order valence-corrected chi connectivity index (χ0v) is 21.1. The summed E-state index contributed by atoms with van der Waals surface area (Å²) in [6.07, 6.45) is 1.86. The van der Waals surface area contributed by atoms with E-state index < -0.39 is 0 Å². The Bertz CT molecular complexity index is 2270. The van der Waals surface area contributed by atoms with Crippen molar-refractivity contribution in [3.05, 3.63) is 134 Å². The Morgan fingerprint density at radius 2 is 1.15 bits per heavy atom. The Kier molecular flexibility index (Phi) is 4.08. The molecular formula is C37H22N2. The Balaban J connectivity index is 1.24. The fourth-order valence-electron chi connectivity index (χ4n) is 6.60. The van der Waals surface area contributed by atoms with Gasteiger partial charge in [-0.3, -0.25) is 4.57 Å². The molecule has 8 aromatic rings. The van der Waals surface area contributed by atoms with Crippen LogP contribution >= 0.6 is 0 Å². The predicted molar refractivity (Wildman–Crippen MR) is 163 cm³/mol. The van der Waals surface area contributed by atoms with Crippen LogP contribution in [0, 0.1) is 0 Å². The van der Waals surface area contributed by atoms with Crippen molar-refractivity contribution in [3.8, 4) is 39.2 Å². The molecular weight excluding hydrogens is 472 g/mol. The van der Waals surface area contributed by atoms with Crippen LogP contribution in [0.1, 0.15) is 0 Å². The van der Waals surface area contributed by atoms with Crippen molar-refractivity contribution >= 4 is 43.4 Å². The number of hydrogen-bond acceptors (Lipinski definition) is 1. The number of para-hydroxylation sites is 1. The molecule has 0 saturated heterocycles. The molecule has 9 rings (SSSR count). The SMILES string of the molecule is c1ccc(-n2c3ccccc3c3cc(-c4ccc5cc6c(cc5c4)-c4cccc5cccc-6c45)ccc32)nc1. The van der Waals surface area contributed by atoms with Crippen LogP contribution < -0.4 is 0 Å². The van der Waals surface area contributed by atoms with Crippen molar-refractivity contribution in [2.75, 3.05) is 0 Å². The minimum atomic E-state index is 0.937. The first kappa shape index (κ1) is 20.8. The van der Waals surface area contributed by atoms with Gasteiger partial charge in [0.05, 0.1) is 11.0 Å². The minimum absolute atomic E-state index is 0.937. The second-order valence-corrected chi connectivity index (χ2v) is 10.4. The van der Waals surface area contributed by atoms with Crippen molar-refractivity contribution < 1.29 is 0 Å². The molecule has 0 N–H and O–H groups in total. The third kappa shape index (κ3) is 2.89. The molecule has 0 fully saturated rings. The van der Waals surface area contributed by atoms with Crippen LogP contribution in [0.2, 0.25) is 0 Å². The van der Waals surface area contributed by atoms with Crippen LogP contribution in [0.4, 0.5) is 0 Å². The first-order valence-corrected chi connectivity index (χ1v) is 13.4. The summed E-state index contributed by atoms with van der Waals surface area (Å²) >= 11 is 0. The third-order valence-electron chi connectivity index (χ3n) is 8.35. The van der Waals surface area contributed by atoms with E-state index in [9.17, 15) is 0 Å². The summed E-state index contributed by atoms with van der Waals surface area (Å²) in [6, 6.07) is 46.4. The fourth-order valence-corrected chi connectivity index (χ4v) is 6.60. The number of hydrogen-bond donors (Lipinski definition) is 0. The predicted octanol–water partition coefficient (Wildman–Crippen LogP) is 9.80. The van der Waals surface area contributed by atoms with E-state index in [4.69, 9.17) is 0 Å². The summed E-state index contributed by atoms with van der Waals surface area (Å²) < 4.78 is 2.26. The molecule has 0 aliphatic heterocycles. The molecule has 0 amide bonds. The highest BCUT2D eigenvalue weighted by Gasteiger charge is 2.21. The highest BCUT2D eigenvalue weighted by atomic mass is 15.1. The second-order valence-electron chi connectivity index (χ2n) is 10.4. The van der Waals surface area contributed by atoms with Gasteiger partial charge in [0.1, 0.15) is 5.82 Å². The molecule has 2 nitrogen and oxygen atoms in total. The first-order valence-electron chi connectivity index (χ1n) is 13.4. The van der Waals surface area contributed by atoms with Crippen molar-refractivity contribution in [3.63, 3.8) is 0 Å². The summed E-state index contributed by atoms with van der Waals surface area (Å²) in [5, 5.41) is 7.71. The van der Waals surface area contributed by atoms with Crippen LogP contribution in [0.3, 0.4) is 0 Å². The van der Waals surface area contributed by atoms with E-state index in [0.29, 0.717) is 0 Å². The van der Waals surface area contributed by atoms with Gasteiger partial charge in [0, 0.05) is 17.0 Å². The van der Waals surface area contributed by atoms with E-state index in [1.54, 1.807) is 0 Å². The number of aromatic nitrogens is 2. The second kappa shape index (κ2) is 7.66. The maximum atomic E-state index is 4.66. The number of fused-ring (bicyclic) bond motifs is 7. The van der Waals surface area contributed by atoms with E-state index in [0.717, 1.165) is 5.82 Å². The van der Waals surface area contributed by atoms with Crippen molar-refractivity contribution in [1.82, 2.24) is 9.55 Å². The summed E-state index contributed by atoms with van der Waals surface area (Å²) in [5.41, 5.74) is 10.2. The van der Waals surface area contributed by atoms with Gasteiger partial charge >= 0.3 is 0 Å².